The molecule has 0 radical (unpaired) electrons. The Bertz CT molecular complexity index is 601. The molecule has 6 atom stereocenters. The summed E-state index contributed by atoms with van der Waals surface area (Å²) in [6.07, 6.45) is 3.68. The third kappa shape index (κ3) is 4.47. The molecule has 6 unspecified atom stereocenters. The van der Waals surface area contributed by atoms with Crippen molar-refractivity contribution in [2.75, 3.05) is 28.4 Å². The molecule has 8 heteroatoms. The highest BCUT2D eigenvalue weighted by Gasteiger charge is 2.49. The van der Waals surface area contributed by atoms with Gasteiger partial charge >= 0.3 is 23.9 Å². The number of esters is 4. The summed E-state index contributed by atoms with van der Waals surface area (Å²) in [5.74, 6) is -4.15. The van der Waals surface area contributed by atoms with E-state index in [1.54, 1.807) is 0 Å². The lowest BCUT2D eigenvalue weighted by molar-refractivity contribution is -0.167. The minimum atomic E-state index is -0.618. The fourth-order valence-electron chi connectivity index (χ4n) is 5.09. The minimum Gasteiger partial charge on any atom is -0.469 e. The summed E-state index contributed by atoms with van der Waals surface area (Å²) < 4.78 is 19.7. The molecule has 0 N–H and O–H groups in total. The van der Waals surface area contributed by atoms with Gasteiger partial charge < -0.3 is 18.9 Å². The van der Waals surface area contributed by atoms with E-state index in [4.69, 9.17) is 18.9 Å². The largest absolute Gasteiger partial charge is 0.469 e. The molecule has 2 saturated carbocycles. The quantitative estimate of drug-likeness (QED) is 0.509. The standard InChI is InChI=1S/C20H30O8/c1-25-17(21)13-9-8-11(10-15(13)19(23)27-3)12-6-5-7-14(18(22)26-2)16(12)20(24)28-4/h11-16H,5-10H2,1-4H3. The lowest BCUT2D eigenvalue weighted by Gasteiger charge is -2.43. The first-order valence-electron chi connectivity index (χ1n) is 9.70. The van der Waals surface area contributed by atoms with E-state index in [-0.39, 0.29) is 11.8 Å². The summed E-state index contributed by atoms with van der Waals surface area (Å²) in [4.78, 5) is 49.2. The molecule has 0 spiro atoms. The highest BCUT2D eigenvalue weighted by Crippen LogP contribution is 2.47. The molecule has 0 aliphatic heterocycles. The van der Waals surface area contributed by atoms with E-state index < -0.39 is 47.5 Å². The van der Waals surface area contributed by atoms with Crippen molar-refractivity contribution in [3.05, 3.63) is 0 Å². The maximum absolute atomic E-state index is 12.5. The molecule has 0 aromatic carbocycles. The number of hydrogen-bond acceptors (Lipinski definition) is 8. The van der Waals surface area contributed by atoms with E-state index in [0.29, 0.717) is 25.7 Å². The maximum atomic E-state index is 12.5. The lowest BCUT2D eigenvalue weighted by Crippen LogP contribution is -2.46. The zero-order valence-corrected chi connectivity index (χ0v) is 17.0. The van der Waals surface area contributed by atoms with Crippen molar-refractivity contribution in [2.24, 2.45) is 35.5 Å². The van der Waals surface area contributed by atoms with E-state index in [0.717, 1.165) is 12.8 Å². The Morgan fingerprint density at radius 3 is 1.71 bits per heavy atom. The van der Waals surface area contributed by atoms with Crippen LogP contribution in [-0.2, 0) is 38.1 Å². The fourth-order valence-corrected chi connectivity index (χ4v) is 5.09. The van der Waals surface area contributed by atoms with Crippen molar-refractivity contribution in [3.63, 3.8) is 0 Å². The molecule has 2 rings (SSSR count). The van der Waals surface area contributed by atoms with Gasteiger partial charge in [0.25, 0.3) is 0 Å². The summed E-state index contributed by atoms with van der Waals surface area (Å²) in [6.45, 7) is 0. The van der Waals surface area contributed by atoms with E-state index in [1.807, 2.05) is 0 Å². The lowest BCUT2D eigenvalue weighted by atomic mass is 9.61. The number of ether oxygens (including phenoxy) is 4. The number of carbonyl (C=O) groups excluding carboxylic acids is 4. The number of carbonyl (C=O) groups is 4. The third-order valence-corrected chi connectivity index (χ3v) is 6.43. The van der Waals surface area contributed by atoms with Crippen molar-refractivity contribution in [1.82, 2.24) is 0 Å². The van der Waals surface area contributed by atoms with Gasteiger partial charge in [0.1, 0.15) is 0 Å². The van der Waals surface area contributed by atoms with E-state index >= 15 is 0 Å². The highest BCUT2D eigenvalue weighted by molar-refractivity contribution is 5.83. The summed E-state index contributed by atoms with van der Waals surface area (Å²) in [5.41, 5.74) is 0. The molecular weight excluding hydrogens is 368 g/mol. The van der Waals surface area contributed by atoms with Crippen molar-refractivity contribution in [1.29, 1.82) is 0 Å². The Kier molecular flexibility index (Phi) is 7.83. The first-order valence-corrected chi connectivity index (χ1v) is 9.70. The SMILES string of the molecule is COC(=O)C1CCC(C2CCCC(C(=O)OC)C2C(=O)OC)CC1C(=O)OC. The second-order valence-corrected chi connectivity index (χ2v) is 7.61. The molecule has 0 bridgehead atoms. The molecule has 0 heterocycles. The first kappa shape index (κ1) is 22.2. The molecule has 8 nitrogen and oxygen atoms in total. The van der Waals surface area contributed by atoms with Crippen LogP contribution in [0.3, 0.4) is 0 Å². The predicted molar refractivity (Wildman–Crippen MR) is 96.7 cm³/mol. The molecule has 0 amide bonds. The molecule has 0 aromatic rings. The van der Waals surface area contributed by atoms with Crippen molar-refractivity contribution in [3.8, 4) is 0 Å². The van der Waals surface area contributed by atoms with Crippen LogP contribution in [0.25, 0.3) is 0 Å². The predicted octanol–water partition coefficient (Wildman–Crippen LogP) is 1.74. The van der Waals surface area contributed by atoms with Gasteiger partial charge in [-0.25, -0.2) is 0 Å². The average molecular weight is 398 g/mol. The zero-order valence-electron chi connectivity index (χ0n) is 17.0. The van der Waals surface area contributed by atoms with Gasteiger partial charge in [-0.2, -0.15) is 0 Å². The molecule has 2 fully saturated rings. The highest BCUT2D eigenvalue weighted by atomic mass is 16.5. The molecule has 2 aliphatic carbocycles. The number of methoxy groups -OCH3 is 4. The molecule has 0 saturated heterocycles. The number of hydrogen-bond donors (Lipinski definition) is 0. The van der Waals surface area contributed by atoms with Crippen LogP contribution in [0.15, 0.2) is 0 Å². The van der Waals surface area contributed by atoms with Crippen LogP contribution in [-0.4, -0.2) is 52.3 Å². The van der Waals surface area contributed by atoms with Crippen LogP contribution < -0.4 is 0 Å². The van der Waals surface area contributed by atoms with Crippen LogP contribution in [0.4, 0.5) is 0 Å². The van der Waals surface area contributed by atoms with Gasteiger partial charge in [0, 0.05) is 0 Å². The molecule has 0 aromatic heterocycles. The van der Waals surface area contributed by atoms with Crippen molar-refractivity contribution in [2.45, 2.75) is 38.5 Å². The monoisotopic (exact) mass is 398 g/mol. The van der Waals surface area contributed by atoms with Gasteiger partial charge in [-0.1, -0.05) is 6.42 Å². The normalized spacial score (nSPS) is 32.7. The summed E-state index contributed by atoms with van der Waals surface area (Å²) in [7, 11) is 5.23. The molecule has 2 aliphatic rings. The van der Waals surface area contributed by atoms with Crippen LogP contribution >= 0.6 is 0 Å². The Morgan fingerprint density at radius 2 is 1.14 bits per heavy atom. The van der Waals surface area contributed by atoms with Gasteiger partial charge in [-0.3, -0.25) is 19.2 Å². The number of rotatable bonds is 5. The van der Waals surface area contributed by atoms with Crippen LogP contribution in [0.2, 0.25) is 0 Å². The second kappa shape index (κ2) is 9.89. The Balaban J connectivity index is 2.28. The van der Waals surface area contributed by atoms with Gasteiger partial charge in [-0.05, 0) is 43.9 Å². The van der Waals surface area contributed by atoms with E-state index in [1.165, 1.54) is 28.4 Å². The second-order valence-electron chi connectivity index (χ2n) is 7.61. The molecule has 28 heavy (non-hydrogen) atoms. The smallest absolute Gasteiger partial charge is 0.309 e. The first-order chi connectivity index (χ1) is 13.4. The van der Waals surface area contributed by atoms with Crippen LogP contribution in [0, 0.1) is 35.5 Å². The molecular formula is C20H30O8. The third-order valence-electron chi connectivity index (χ3n) is 6.43. The van der Waals surface area contributed by atoms with Crippen LogP contribution in [0.1, 0.15) is 38.5 Å². The average Bonchev–Trinajstić information content (AvgIpc) is 2.75. The Hall–Kier alpha value is -2.12. The fraction of sp³-hybridized carbons (Fsp3) is 0.800. The summed E-state index contributed by atoms with van der Waals surface area (Å²) in [5, 5.41) is 0. The Morgan fingerprint density at radius 1 is 0.607 bits per heavy atom. The van der Waals surface area contributed by atoms with Gasteiger partial charge in [0.2, 0.25) is 0 Å². The minimum absolute atomic E-state index is 0.00145. The van der Waals surface area contributed by atoms with Gasteiger partial charge in [0.05, 0.1) is 52.1 Å². The summed E-state index contributed by atoms with van der Waals surface area (Å²) >= 11 is 0. The van der Waals surface area contributed by atoms with Gasteiger partial charge in [0.15, 0.2) is 0 Å². The zero-order chi connectivity index (χ0) is 20.8. The van der Waals surface area contributed by atoms with E-state index in [2.05, 4.69) is 0 Å². The van der Waals surface area contributed by atoms with Gasteiger partial charge in [-0.15, -0.1) is 0 Å². The van der Waals surface area contributed by atoms with E-state index in [9.17, 15) is 19.2 Å². The van der Waals surface area contributed by atoms with Crippen molar-refractivity contribution >= 4 is 23.9 Å². The summed E-state index contributed by atoms with van der Waals surface area (Å²) in [6, 6.07) is 0. The maximum Gasteiger partial charge on any atom is 0.309 e. The topological polar surface area (TPSA) is 105 Å². The molecule has 158 valence electrons. The van der Waals surface area contributed by atoms with Crippen LogP contribution in [0.5, 0.6) is 0 Å². The Labute approximate surface area is 165 Å². The van der Waals surface area contributed by atoms with Crippen molar-refractivity contribution < 1.29 is 38.1 Å².